The predicted octanol–water partition coefficient (Wildman–Crippen LogP) is 0.388. The van der Waals surface area contributed by atoms with Crippen LogP contribution in [0.5, 0.6) is 0 Å². The number of rotatable bonds is 4. The highest BCUT2D eigenvalue weighted by Crippen LogP contribution is 2.18. The lowest BCUT2D eigenvalue weighted by Gasteiger charge is -2.34. The minimum atomic E-state index is -0.942. The summed E-state index contributed by atoms with van der Waals surface area (Å²) in [6.45, 7) is 4.47. The number of carboxylic acids is 1. The second-order valence-electron chi connectivity index (χ2n) is 4.70. The van der Waals surface area contributed by atoms with E-state index in [0.717, 1.165) is 5.75 Å². The molecule has 5 nitrogen and oxygen atoms in total. The number of hydrogen-bond acceptors (Lipinski definition) is 4. The van der Waals surface area contributed by atoms with Gasteiger partial charge in [-0.05, 0) is 12.3 Å². The lowest BCUT2D eigenvalue weighted by molar-refractivity contribution is -0.149. The van der Waals surface area contributed by atoms with Crippen molar-refractivity contribution in [2.75, 3.05) is 18.1 Å². The smallest absolute Gasteiger partial charge is 0.327 e. The third-order valence-corrected chi connectivity index (χ3v) is 3.76. The van der Waals surface area contributed by atoms with E-state index in [1.165, 1.54) is 4.90 Å². The summed E-state index contributed by atoms with van der Waals surface area (Å²) >= 11 is 1.56. The van der Waals surface area contributed by atoms with Crippen molar-refractivity contribution < 1.29 is 14.7 Å². The van der Waals surface area contributed by atoms with Gasteiger partial charge in [0.1, 0.15) is 6.04 Å². The molecule has 0 spiro atoms. The Morgan fingerprint density at radius 1 is 1.53 bits per heavy atom. The van der Waals surface area contributed by atoms with Crippen LogP contribution in [-0.4, -0.2) is 52.0 Å². The summed E-state index contributed by atoms with van der Waals surface area (Å²) in [5, 5.41) is 9.07. The predicted molar refractivity (Wildman–Crippen MR) is 67.9 cm³/mol. The van der Waals surface area contributed by atoms with Crippen molar-refractivity contribution in [3.63, 3.8) is 0 Å². The average Bonchev–Trinajstić information content (AvgIpc) is 2.27. The molecule has 0 aromatic carbocycles. The molecule has 0 saturated carbocycles. The maximum Gasteiger partial charge on any atom is 0.327 e. The van der Waals surface area contributed by atoms with Gasteiger partial charge in [-0.25, -0.2) is 4.79 Å². The Labute approximate surface area is 106 Å². The molecule has 1 fully saturated rings. The van der Waals surface area contributed by atoms with E-state index in [4.69, 9.17) is 10.8 Å². The molecular formula is C11H20N2O3S. The molecule has 1 rings (SSSR count). The Morgan fingerprint density at radius 3 is 2.71 bits per heavy atom. The summed E-state index contributed by atoms with van der Waals surface area (Å²) in [5.41, 5.74) is 5.82. The van der Waals surface area contributed by atoms with Gasteiger partial charge in [-0.15, -0.1) is 0 Å². The van der Waals surface area contributed by atoms with E-state index in [0.29, 0.717) is 24.6 Å². The van der Waals surface area contributed by atoms with Gasteiger partial charge in [0, 0.05) is 18.1 Å². The second-order valence-corrected chi connectivity index (χ2v) is 5.85. The zero-order chi connectivity index (χ0) is 13.0. The summed E-state index contributed by atoms with van der Waals surface area (Å²) in [7, 11) is 0. The van der Waals surface area contributed by atoms with Gasteiger partial charge >= 0.3 is 5.97 Å². The standard InChI is InChI=1S/C11H20N2O3S/c1-7(2)5-8(12)10(14)13-3-4-17-6-9(13)11(15)16/h7-9H,3-6,12H2,1-2H3,(H,15,16)/t8-,9?/m0/s1. The Balaban J connectivity index is 2.67. The van der Waals surface area contributed by atoms with Gasteiger partial charge in [0.15, 0.2) is 0 Å². The topological polar surface area (TPSA) is 83.6 Å². The molecule has 1 unspecified atom stereocenters. The lowest BCUT2D eigenvalue weighted by atomic mass is 10.0. The number of carbonyl (C=O) groups excluding carboxylic acids is 1. The molecule has 0 aromatic rings. The molecule has 98 valence electrons. The highest BCUT2D eigenvalue weighted by atomic mass is 32.2. The number of amides is 1. The molecule has 6 heteroatoms. The maximum atomic E-state index is 12.1. The number of carboxylic acid groups (broad SMARTS) is 1. The second kappa shape index (κ2) is 6.26. The highest BCUT2D eigenvalue weighted by Gasteiger charge is 2.34. The first-order valence-electron chi connectivity index (χ1n) is 5.80. The number of thioether (sulfide) groups is 1. The molecule has 2 atom stereocenters. The first kappa shape index (κ1) is 14.3. The monoisotopic (exact) mass is 260 g/mol. The largest absolute Gasteiger partial charge is 0.480 e. The highest BCUT2D eigenvalue weighted by molar-refractivity contribution is 7.99. The average molecular weight is 260 g/mol. The number of hydrogen-bond donors (Lipinski definition) is 2. The molecular weight excluding hydrogens is 240 g/mol. The van der Waals surface area contributed by atoms with Gasteiger partial charge in [-0.1, -0.05) is 13.8 Å². The molecule has 0 aliphatic carbocycles. The van der Waals surface area contributed by atoms with Gasteiger partial charge in [-0.2, -0.15) is 11.8 Å². The van der Waals surface area contributed by atoms with Gasteiger partial charge in [-0.3, -0.25) is 4.79 Å². The first-order chi connectivity index (χ1) is 7.93. The van der Waals surface area contributed by atoms with Crippen molar-refractivity contribution in [2.45, 2.75) is 32.4 Å². The zero-order valence-electron chi connectivity index (χ0n) is 10.3. The van der Waals surface area contributed by atoms with Crippen LogP contribution in [0, 0.1) is 5.92 Å². The Morgan fingerprint density at radius 2 is 2.18 bits per heavy atom. The third kappa shape index (κ3) is 3.89. The minimum absolute atomic E-state index is 0.230. The Kier molecular flexibility index (Phi) is 5.27. The Bertz CT molecular complexity index is 296. The van der Waals surface area contributed by atoms with Crippen molar-refractivity contribution >= 4 is 23.6 Å². The van der Waals surface area contributed by atoms with Crippen LogP contribution in [0.25, 0.3) is 0 Å². The van der Waals surface area contributed by atoms with Crippen LogP contribution in [-0.2, 0) is 9.59 Å². The van der Waals surface area contributed by atoms with E-state index in [9.17, 15) is 9.59 Å². The third-order valence-electron chi connectivity index (χ3n) is 2.74. The maximum absolute atomic E-state index is 12.1. The molecule has 1 amide bonds. The summed E-state index contributed by atoms with van der Waals surface area (Å²) < 4.78 is 0. The molecule has 1 saturated heterocycles. The van der Waals surface area contributed by atoms with Crippen molar-refractivity contribution in [2.24, 2.45) is 11.7 Å². The quantitative estimate of drug-likeness (QED) is 0.764. The molecule has 0 bridgehead atoms. The van der Waals surface area contributed by atoms with Gasteiger partial charge in [0.2, 0.25) is 5.91 Å². The normalized spacial score (nSPS) is 22.6. The van der Waals surface area contributed by atoms with Crippen LogP contribution in [0.15, 0.2) is 0 Å². The fraction of sp³-hybridized carbons (Fsp3) is 0.818. The number of nitrogens with two attached hydrogens (primary N) is 1. The van der Waals surface area contributed by atoms with Crippen LogP contribution in [0.2, 0.25) is 0 Å². The fourth-order valence-electron chi connectivity index (χ4n) is 1.89. The van der Waals surface area contributed by atoms with Gasteiger partial charge < -0.3 is 15.7 Å². The summed E-state index contributed by atoms with van der Waals surface area (Å²) in [4.78, 5) is 24.6. The summed E-state index contributed by atoms with van der Waals surface area (Å²) in [6, 6.07) is -1.31. The van der Waals surface area contributed by atoms with E-state index in [2.05, 4.69) is 0 Å². The molecule has 1 heterocycles. The van der Waals surface area contributed by atoms with Crippen LogP contribution >= 0.6 is 11.8 Å². The Hall–Kier alpha value is -0.750. The lowest BCUT2D eigenvalue weighted by Crippen LogP contribution is -2.55. The SMILES string of the molecule is CC(C)C[C@H](N)C(=O)N1CCSCC1C(=O)O. The van der Waals surface area contributed by atoms with Crippen LogP contribution in [0.4, 0.5) is 0 Å². The molecule has 1 aliphatic heterocycles. The minimum Gasteiger partial charge on any atom is -0.480 e. The van der Waals surface area contributed by atoms with E-state index in [-0.39, 0.29) is 5.91 Å². The van der Waals surface area contributed by atoms with Crippen LogP contribution < -0.4 is 5.73 Å². The van der Waals surface area contributed by atoms with E-state index < -0.39 is 18.1 Å². The number of nitrogens with zero attached hydrogens (tertiary/aromatic N) is 1. The zero-order valence-corrected chi connectivity index (χ0v) is 11.1. The summed E-state index contributed by atoms with van der Waals surface area (Å²) in [5.74, 6) is 0.393. The molecule has 1 aliphatic rings. The van der Waals surface area contributed by atoms with Crippen molar-refractivity contribution in [1.82, 2.24) is 4.90 Å². The van der Waals surface area contributed by atoms with Crippen LogP contribution in [0.1, 0.15) is 20.3 Å². The molecule has 3 N–H and O–H groups in total. The van der Waals surface area contributed by atoms with E-state index >= 15 is 0 Å². The van der Waals surface area contributed by atoms with Gasteiger partial charge in [0.25, 0.3) is 0 Å². The first-order valence-corrected chi connectivity index (χ1v) is 6.95. The summed E-state index contributed by atoms with van der Waals surface area (Å²) in [6.07, 6.45) is 0.592. The van der Waals surface area contributed by atoms with Gasteiger partial charge in [0.05, 0.1) is 6.04 Å². The van der Waals surface area contributed by atoms with E-state index in [1.807, 2.05) is 13.8 Å². The van der Waals surface area contributed by atoms with Crippen molar-refractivity contribution in [1.29, 1.82) is 0 Å². The van der Waals surface area contributed by atoms with Crippen molar-refractivity contribution in [3.8, 4) is 0 Å². The van der Waals surface area contributed by atoms with E-state index in [1.54, 1.807) is 11.8 Å². The molecule has 0 radical (unpaired) electrons. The fourth-order valence-corrected chi connectivity index (χ4v) is 2.93. The van der Waals surface area contributed by atoms with Crippen molar-refractivity contribution in [3.05, 3.63) is 0 Å². The number of aliphatic carboxylic acids is 1. The molecule has 17 heavy (non-hydrogen) atoms. The molecule has 0 aromatic heterocycles. The van der Waals surface area contributed by atoms with Crippen LogP contribution in [0.3, 0.4) is 0 Å². The number of carbonyl (C=O) groups is 2.